The van der Waals surface area contributed by atoms with E-state index in [2.05, 4.69) is 42.0 Å². The highest BCUT2D eigenvalue weighted by Gasteiger charge is 2.38. The third kappa shape index (κ3) is 12.1. The Hall–Kier alpha value is 0.960. The van der Waals surface area contributed by atoms with Crippen molar-refractivity contribution in [2.75, 3.05) is 72.8 Å². The van der Waals surface area contributed by atoms with Crippen LogP contribution in [0.15, 0.2) is 0 Å². The van der Waals surface area contributed by atoms with Gasteiger partial charge in [-0.2, -0.15) is 0 Å². The van der Waals surface area contributed by atoms with Crippen LogP contribution in [-0.2, 0) is 4.74 Å². The van der Waals surface area contributed by atoms with Gasteiger partial charge in [0.05, 0.1) is 46.6 Å². The van der Waals surface area contributed by atoms with Gasteiger partial charge >= 0.3 is 0 Å². The van der Waals surface area contributed by atoms with Gasteiger partial charge in [-0.15, -0.1) is 35.6 Å². The molecule has 0 saturated heterocycles. The van der Waals surface area contributed by atoms with Crippen LogP contribution in [0.3, 0.4) is 0 Å². The van der Waals surface area contributed by atoms with Crippen molar-refractivity contribution >= 4 is 35.6 Å². The molecule has 0 saturated carbocycles. The molecule has 0 bridgehead atoms. The summed E-state index contributed by atoms with van der Waals surface area (Å²) in [6, 6.07) is 0. The summed E-state index contributed by atoms with van der Waals surface area (Å²) >= 11 is 11.4. The summed E-state index contributed by atoms with van der Waals surface area (Å²) in [5.74, 6) is 0.497. The molecule has 0 fully saturated rings. The number of aliphatic hydroxyl groups is 2. The molecule has 0 aromatic rings. The molecule has 2 N–H and O–H groups in total. The van der Waals surface area contributed by atoms with Crippen LogP contribution in [0.4, 0.5) is 0 Å². The van der Waals surface area contributed by atoms with E-state index in [1.807, 2.05) is 0 Å². The number of hydrogen-bond donors (Lipinski definition) is 2. The first-order valence-electron chi connectivity index (χ1n) is 8.08. The van der Waals surface area contributed by atoms with E-state index in [4.69, 9.17) is 27.9 Å². The van der Waals surface area contributed by atoms with Gasteiger partial charge in [-0.05, 0) is 13.8 Å². The first-order valence-corrected chi connectivity index (χ1v) is 9.15. The molecule has 0 aliphatic carbocycles. The second-order valence-electron chi connectivity index (χ2n) is 8.19. The number of nitrogens with zero attached hydrogens (tertiary/aromatic N) is 2. The standard InChI is InChI=1S/C16H36Cl2N2O3.2ClH/c1-16(2,20(5,6)12-15(22)10-18)13-23-8-7-19(3,4)11-14(21)9-17;;/h14-15,21-22H,7-13H2,1-6H3;2*1H/q+2;;/p-1. The van der Waals surface area contributed by atoms with Crippen molar-refractivity contribution in [1.29, 1.82) is 0 Å². The average molecular weight is 447 g/mol. The molecule has 0 aliphatic rings. The van der Waals surface area contributed by atoms with Gasteiger partial charge in [0.25, 0.3) is 0 Å². The molecule has 9 heteroatoms. The molecule has 156 valence electrons. The maximum atomic E-state index is 9.82. The molecule has 0 spiro atoms. The molecule has 25 heavy (non-hydrogen) atoms. The molecule has 5 nitrogen and oxygen atoms in total. The van der Waals surface area contributed by atoms with Gasteiger partial charge in [-0.1, -0.05) is 0 Å². The molecule has 0 rings (SSSR count). The van der Waals surface area contributed by atoms with Crippen LogP contribution in [0, 0.1) is 0 Å². The summed E-state index contributed by atoms with van der Waals surface area (Å²) < 4.78 is 7.18. The molecular weight excluding hydrogens is 410 g/mol. The Morgan fingerprint density at radius 3 is 1.84 bits per heavy atom. The minimum absolute atomic E-state index is 0. The maximum Gasteiger partial charge on any atom is 0.117 e. The summed E-state index contributed by atoms with van der Waals surface area (Å²) in [5, 5.41) is 19.5. The molecule has 2 unspecified atom stereocenters. The maximum absolute atomic E-state index is 9.82. The van der Waals surface area contributed by atoms with Crippen molar-refractivity contribution in [2.24, 2.45) is 0 Å². The van der Waals surface area contributed by atoms with Crippen LogP contribution >= 0.6 is 35.6 Å². The quantitative estimate of drug-likeness (QED) is 0.219. The largest absolute Gasteiger partial charge is 1.00 e. The summed E-state index contributed by atoms with van der Waals surface area (Å²) in [6.07, 6.45) is -1.01. The molecule has 0 amide bonds. The molecule has 0 aromatic carbocycles. The second-order valence-corrected chi connectivity index (χ2v) is 8.81. The molecule has 0 aliphatic heterocycles. The van der Waals surface area contributed by atoms with Gasteiger partial charge in [0.2, 0.25) is 0 Å². The van der Waals surface area contributed by atoms with E-state index in [9.17, 15) is 10.2 Å². The van der Waals surface area contributed by atoms with Crippen LogP contribution in [-0.4, -0.2) is 110 Å². The summed E-state index contributed by atoms with van der Waals surface area (Å²) in [7, 11) is 8.27. The van der Waals surface area contributed by atoms with Gasteiger partial charge < -0.3 is 36.3 Å². The van der Waals surface area contributed by atoms with Gasteiger partial charge in [-0.25, -0.2) is 0 Å². The summed E-state index contributed by atoms with van der Waals surface area (Å²) in [4.78, 5) is 0. The van der Waals surface area contributed by atoms with Crippen LogP contribution < -0.4 is 12.4 Å². The van der Waals surface area contributed by atoms with E-state index in [1.54, 1.807) is 0 Å². The van der Waals surface area contributed by atoms with Crippen molar-refractivity contribution in [3.63, 3.8) is 0 Å². The smallest absolute Gasteiger partial charge is 0.117 e. The van der Waals surface area contributed by atoms with Crippen LogP contribution in [0.2, 0.25) is 0 Å². The van der Waals surface area contributed by atoms with E-state index >= 15 is 0 Å². The van der Waals surface area contributed by atoms with Crippen molar-refractivity contribution in [2.45, 2.75) is 31.6 Å². The van der Waals surface area contributed by atoms with E-state index in [-0.39, 0.29) is 42.1 Å². The van der Waals surface area contributed by atoms with Crippen molar-refractivity contribution in [3.05, 3.63) is 0 Å². The Balaban J connectivity index is -0.00000242. The van der Waals surface area contributed by atoms with Gasteiger partial charge in [0.15, 0.2) is 0 Å². The minimum atomic E-state index is -0.515. The first kappa shape index (κ1) is 30.7. The van der Waals surface area contributed by atoms with Gasteiger partial charge in [-0.3, -0.25) is 0 Å². The van der Waals surface area contributed by atoms with Gasteiger partial charge in [0.1, 0.15) is 44.0 Å². The highest BCUT2D eigenvalue weighted by molar-refractivity contribution is 6.18. The number of ether oxygens (including phenoxy) is 1. The zero-order valence-electron chi connectivity index (χ0n) is 16.3. The molecule has 0 heterocycles. The topological polar surface area (TPSA) is 49.7 Å². The number of alkyl halides is 2. The Bertz CT molecular complexity index is 345. The molecular formula is C16H37Cl4N2O3+. The SMILES string of the molecule is CC(C)(COCC[N+](C)(C)CC(O)CCl)[N+](C)(C)CC(O)CCl.Cl.[Cl-]. The molecule has 0 radical (unpaired) electrons. The zero-order valence-corrected chi connectivity index (χ0v) is 19.4. The Labute approximate surface area is 176 Å². The average Bonchev–Trinajstić information content (AvgIpc) is 2.42. The van der Waals surface area contributed by atoms with Crippen molar-refractivity contribution in [1.82, 2.24) is 0 Å². The van der Waals surface area contributed by atoms with Crippen molar-refractivity contribution < 1.29 is 36.3 Å². The number of rotatable bonds is 12. The van der Waals surface area contributed by atoms with E-state index in [0.29, 0.717) is 35.3 Å². The van der Waals surface area contributed by atoms with Gasteiger partial charge in [0, 0.05) is 0 Å². The number of quaternary nitrogens is 2. The minimum Gasteiger partial charge on any atom is -1.00 e. The van der Waals surface area contributed by atoms with E-state index < -0.39 is 12.2 Å². The fourth-order valence-electron chi connectivity index (χ4n) is 2.34. The highest BCUT2D eigenvalue weighted by Crippen LogP contribution is 2.21. The fraction of sp³-hybridized carbons (Fsp3) is 1.00. The Kier molecular flexibility index (Phi) is 16.2. The zero-order chi connectivity index (χ0) is 18.3. The second kappa shape index (κ2) is 13.2. The summed E-state index contributed by atoms with van der Waals surface area (Å²) in [5.41, 5.74) is -0.139. The Morgan fingerprint density at radius 1 is 0.960 bits per heavy atom. The number of likely N-dealkylation sites (N-methyl/N-ethyl adjacent to an activating group) is 2. The van der Waals surface area contributed by atoms with Crippen LogP contribution in [0.25, 0.3) is 0 Å². The van der Waals surface area contributed by atoms with Crippen LogP contribution in [0.5, 0.6) is 0 Å². The van der Waals surface area contributed by atoms with Crippen molar-refractivity contribution in [3.8, 4) is 0 Å². The van der Waals surface area contributed by atoms with E-state index in [0.717, 1.165) is 6.54 Å². The van der Waals surface area contributed by atoms with Crippen LogP contribution in [0.1, 0.15) is 13.8 Å². The normalized spacial score (nSPS) is 15.1. The monoisotopic (exact) mass is 445 g/mol. The first-order chi connectivity index (χ1) is 10.4. The number of halogens is 4. The third-order valence-electron chi connectivity index (χ3n) is 4.66. The fourth-order valence-corrected chi connectivity index (χ4v) is 2.54. The Morgan fingerprint density at radius 2 is 1.40 bits per heavy atom. The number of aliphatic hydroxyl groups excluding tert-OH is 2. The summed E-state index contributed by atoms with van der Waals surface area (Å²) in [6.45, 7) is 7.47. The molecule has 0 aromatic heterocycles. The predicted octanol–water partition coefficient (Wildman–Crippen LogP) is -1.44. The molecule has 2 atom stereocenters. The highest BCUT2D eigenvalue weighted by atomic mass is 35.5. The lowest BCUT2D eigenvalue weighted by atomic mass is 10.0. The predicted molar refractivity (Wildman–Crippen MR) is 104 cm³/mol. The van der Waals surface area contributed by atoms with E-state index in [1.165, 1.54) is 0 Å². The number of hydrogen-bond acceptors (Lipinski definition) is 3. The third-order valence-corrected chi connectivity index (χ3v) is 5.38. The lowest BCUT2D eigenvalue weighted by Crippen LogP contribution is -3.00. The lowest BCUT2D eigenvalue weighted by molar-refractivity contribution is -0.941. The lowest BCUT2D eigenvalue weighted by Gasteiger charge is -2.45.